The lowest BCUT2D eigenvalue weighted by molar-refractivity contribution is -0.148. The van der Waals surface area contributed by atoms with Crippen molar-refractivity contribution in [2.24, 2.45) is 0 Å². The van der Waals surface area contributed by atoms with E-state index in [4.69, 9.17) is 9.31 Å². The van der Waals surface area contributed by atoms with E-state index in [0.717, 1.165) is 0 Å². The monoisotopic (exact) mass is 183 g/mol. The maximum atomic E-state index is 11.5. The van der Waals surface area contributed by atoms with Crippen molar-refractivity contribution in [3.8, 4) is 0 Å². The molecule has 0 saturated carbocycles. The van der Waals surface area contributed by atoms with Gasteiger partial charge in [-0.25, -0.2) is 0 Å². The molecule has 0 N–H and O–H groups in total. The van der Waals surface area contributed by atoms with Crippen LogP contribution in [0.2, 0.25) is 6.82 Å². The number of ketones is 1. The van der Waals surface area contributed by atoms with Crippen molar-refractivity contribution < 1.29 is 18.9 Å². The van der Waals surface area contributed by atoms with Gasteiger partial charge in [0.1, 0.15) is 0 Å². The number of Topliss-reactive ketones (excluding diaryl/α,β-unsaturated/α-hetero) is 1. The molecule has 0 amide bonds. The van der Waals surface area contributed by atoms with Crippen LogP contribution in [0.25, 0.3) is 0 Å². The number of nitrogens with zero attached hydrogens (tertiary/aromatic N) is 1. The highest BCUT2D eigenvalue weighted by atomic mass is 16.7. The van der Waals surface area contributed by atoms with E-state index in [1.165, 1.54) is 0 Å². The number of carbonyl (C=O) groups excluding carboxylic acids is 2. The molecule has 6 heteroatoms. The zero-order valence-electron chi connectivity index (χ0n) is 7.57. The smallest absolute Gasteiger partial charge is 0.507 e. The fraction of sp³-hybridized carbons (Fsp3) is 0.714. The molecule has 1 spiro atoms. The molecular formula is C7H10BNO4. The van der Waals surface area contributed by atoms with Gasteiger partial charge in [0.05, 0.1) is 6.54 Å². The van der Waals surface area contributed by atoms with Crippen LogP contribution in [0, 0.1) is 0 Å². The lowest BCUT2D eigenvalue weighted by Gasteiger charge is -2.15. The molecule has 0 aromatic carbocycles. The summed E-state index contributed by atoms with van der Waals surface area (Å²) in [6.45, 7) is 2.16. The van der Waals surface area contributed by atoms with Gasteiger partial charge >= 0.3 is 13.1 Å². The minimum Gasteiger partial charge on any atom is -0.507 e. The number of rotatable bonds is 0. The van der Waals surface area contributed by atoms with Gasteiger partial charge < -0.3 is 9.31 Å². The van der Waals surface area contributed by atoms with E-state index in [2.05, 4.69) is 0 Å². The standard InChI is InChI=1S/C7H10BNO4/c1-8-12-6(11)7(13-8)4-9(2)3-5(7)10/h3-4H2,1-2H3. The Kier molecular flexibility index (Phi) is 1.71. The first-order valence-electron chi connectivity index (χ1n) is 4.15. The Morgan fingerprint density at radius 3 is 2.62 bits per heavy atom. The van der Waals surface area contributed by atoms with Crippen molar-refractivity contribution in [2.45, 2.75) is 12.4 Å². The highest BCUT2D eigenvalue weighted by Crippen LogP contribution is 2.29. The molecule has 0 aliphatic carbocycles. The summed E-state index contributed by atoms with van der Waals surface area (Å²) in [6, 6.07) is 0. The molecule has 0 aromatic heterocycles. The number of carbonyl (C=O) groups is 2. The fourth-order valence-corrected chi connectivity index (χ4v) is 1.78. The SMILES string of the molecule is CB1OC(=O)C2(CN(C)CC2=O)O1. The second-order valence-electron chi connectivity index (χ2n) is 3.51. The van der Waals surface area contributed by atoms with E-state index in [0.29, 0.717) is 6.54 Å². The summed E-state index contributed by atoms with van der Waals surface area (Å²) in [5.41, 5.74) is -1.33. The van der Waals surface area contributed by atoms with Gasteiger partial charge in [-0.05, 0) is 13.9 Å². The molecule has 0 aromatic rings. The van der Waals surface area contributed by atoms with E-state index in [9.17, 15) is 9.59 Å². The van der Waals surface area contributed by atoms with Crippen LogP contribution in [0.3, 0.4) is 0 Å². The van der Waals surface area contributed by atoms with E-state index in [1.807, 2.05) is 0 Å². The summed E-state index contributed by atoms with van der Waals surface area (Å²) in [5.74, 6) is -0.751. The topological polar surface area (TPSA) is 55.8 Å². The Balaban J connectivity index is 2.30. The highest BCUT2D eigenvalue weighted by Gasteiger charge is 2.59. The molecule has 5 nitrogen and oxygen atoms in total. The number of likely N-dealkylation sites (N-methyl/N-ethyl adjacent to an activating group) is 1. The summed E-state index contributed by atoms with van der Waals surface area (Å²) in [6.07, 6.45) is 0. The summed E-state index contributed by atoms with van der Waals surface area (Å²) in [7, 11) is 1.16. The van der Waals surface area contributed by atoms with Crippen LogP contribution >= 0.6 is 0 Å². The molecule has 70 valence electrons. The predicted octanol–water partition coefficient (Wildman–Crippen LogP) is -1.07. The van der Waals surface area contributed by atoms with Gasteiger partial charge in [-0.1, -0.05) is 0 Å². The molecule has 0 radical (unpaired) electrons. The first-order valence-corrected chi connectivity index (χ1v) is 4.15. The van der Waals surface area contributed by atoms with Crippen LogP contribution in [0.15, 0.2) is 0 Å². The summed E-state index contributed by atoms with van der Waals surface area (Å²) in [4.78, 5) is 24.6. The van der Waals surface area contributed by atoms with Crippen molar-refractivity contribution in [2.75, 3.05) is 20.1 Å². The van der Waals surface area contributed by atoms with E-state index >= 15 is 0 Å². The van der Waals surface area contributed by atoms with Crippen molar-refractivity contribution in [1.29, 1.82) is 0 Å². The molecule has 1 unspecified atom stereocenters. The van der Waals surface area contributed by atoms with Gasteiger partial charge in [0, 0.05) is 6.54 Å². The number of hydrogen-bond donors (Lipinski definition) is 0. The van der Waals surface area contributed by atoms with E-state index in [1.54, 1.807) is 18.8 Å². The second-order valence-corrected chi connectivity index (χ2v) is 3.51. The first kappa shape index (κ1) is 8.71. The third-order valence-electron chi connectivity index (χ3n) is 2.33. The maximum absolute atomic E-state index is 11.5. The van der Waals surface area contributed by atoms with Gasteiger partial charge in [-0.15, -0.1) is 0 Å². The highest BCUT2D eigenvalue weighted by molar-refractivity contribution is 6.49. The normalized spacial score (nSPS) is 34.8. The number of likely N-dealkylation sites (tertiary alicyclic amines) is 1. The van der Waals surface area contributed by atoms with Crippen molar-refractivity contribution in [3.05, 3.63) is 0 Å². The van der Waals surface area contributed by atoms with Gasteiger partial charge in [0.2, 0.25) is 5.60 Å². The molecule has 2 saturated heterocycles. The first-order chi connectivity index (χ1) is 6.04. The minimum atomic E-state index is -1.33. The fourth-order valence-electron chi connectivity index (χ4n) is 1.78. The molecule has 2 aliphatic heterocycles. The van der Waals surface area contributed by atoms with Crippen LogP contribution in [0.1, 0.15) is 0 Å². The van der Waals surface area contributed by atoms with Gasteiger partial charge in [-0.3, -0.25) is 14.5 Å². The van der Waals surface area contributed by atoms with E-state index in [-0.39, 0.29) is 12.3 Å². The zero-order chi connectivity index (χ0) is 9.64. The Hall–Kier alpha value is -0.875. The molecule has 2 fully saturated rings. The number of hydrogen-bond acceptors (Lipinski definition) is 5. The minimum absolute atomic E-state index is 0.204. The predicted molar refractivity (Wildman–Crippen MR) is 44.0 cm³/mol. The average molecular weight is 183 g/mol. The molecule has 13 heavy (non-hydrogen) atoms. The summed E-state index contributed by atoms with van der Waals surface area (Å²) >= 11 is 0. The van der Waals surface area contributed by atoms with Crippen LogP contribution in [0.5, 0.6) is 0 Å². The van der Waals surface area contributed by atoms with Crippen LogP contribution in [-0.4, -0.2) is 49.5 Å². The van der Waals surface area contributed by atoms with Crippen molar-refractivity contribution in [3.63, 3.8) is 0 Å². The maximum Gasteiger partial charge on any atom is 0.525 e. The van der Waals surface area contributed by atoms with Crippen LogP contribution in [0.4, 0.5) is 0 Å². The Morgan fingerprint density at radius 2 is 2.23 bits per heavy atom. The molecular weight excluding hydrogens is 173 g/mol. The summed E-state index contributed by atoms with van der Waals surface area (Å²) in [5, 5.41) is 0. The van der Waals surface area contributed by atoms with Gasteiger partial charge in [0.25, 0.3) is 0 Å². The largest absolute Gasteiger partial charge is 0.525 e. The molecule has 2 heterocycles. The Bertz CT molecular complexity index is 252. The van der Waals surface area contributed by atoms with Crippen molar-refractivity contribution >= 4 is 18.9 Å². The molecule has 2 rings (SSSR count). The third kappa shape index (κ3) is 1.09. The van der Waals surface area contributed by atoms with Gasteiger partial charge in [0.15, 0.2) is 5.78 Å². The van der Waals surface area contributed by atoms with Crippen molar-refractivity contribution in [1.82, 2.24) is 4.90 Å². The molecule has 0 bridgehead atoms. The second kappa shape index (κ2) is 2.56. The van der Waals surface area contributed by atoms with Gasteiger partial charge in [-0.2, -0.15) is 0 Å². The average Bonchev–Trinajstić information content (AvgIpc) is 2.40. The summed E-state index contributed by atoms with van der Waals surface area (Å²) < 4.78 is 10.1. The molecule has 2 aliphatic rings. The zero-order valence-corrected chi connectivity index (χ0v) is 7.57. The van der Waals surface area contributed by atoms with Crippen LogP contribution < -0.4 is 0 Å². The Labute approximate surface area is 76.1 Å². The Morgan fingerprint density at radius 1 is 1.54 bits per heavy atom. The van der Waals surface area contributed by atoms with Crippen LogP contribution in [-0.2, 0) is 18.9 Å². The van der Waals surface area contributed by atoms with E-state index < -0.39 is 18.7 Å². The lowest BCUT2D eigenvalue weighted by atomic mass is 9.95. The quantitative estimate of drug-likeness (QED) is 0.353. The molecule has 1 atom stereocenters. The lowest BCUT2D eigenvalue weighted by Crippen LogP contribution is -2.45. The third-order valence-corrected chi connectivity index (χ3v) is 2.33.